The zero-order valence-corrected chi connectivity index (χ0v) is 11.1. The van der Waals surface area contributed by atoms with Crippen molar-refractivity contribution in [2.75, 3.05) is 27.4 Å². The first kappa shape index (κ1) is 13.5. The van der Waals surface area contributed by atoms with E-state index in [0.717, 1.165) is 5.56 Å². The summed E-state index contributed by atoms with van der Waals surface area (Å²) >= 11 is 0. The molecule has 0 atom stereocenters. The first-order chi connectivity index (χ1) is 9.08. The van der Waals surface area contributed by atoms with Crippen molar-refractivity contribution in [3.8, 4) is 17.2 Å². The first-order valence-electron chi connectivity index (χ1n) is 6.10. The predicted molar refractivity (Wildman–Crippen MR) is 69.2 cm³/mol. The van der Waals surface area contributed by atoms with Crippen LogP contribution in [-0.2, 0) is 11.3 Å². The second-order valence-corrected chi connectivity index (χ2v) is 4.55. The van der Waals surface area contributed by atoms with Crippen LogP contribution in [0, 0.1) is 0 Å². The van der Waals surface area contributed by atoms with E-state index in [9.17, 15) is 9.90 Å². The molecule has 1 aromatic rings. The normalized spacial score (nSPS) is 12.5. The molecule has 6 heteroatoms. The van der Waals surface area contributed by atoms with Gasteiger partial charge in [0.2, 0.25) is 12.7 Å². The average Bonchev–Trinajstić information content (AvgIpc) is 2.81. The van der Waals surface area contributed by atoms with Gasteiger partial charge in [0, 0.05) is 45.2 Å². The van der Waals surface area contributed by atoms with Crippen LogP contribution in [0.15, 0.2) is 12.1 Å². The molecule has 0 spiro atoms. The Morgan fingerprint density at radius 1 is 1.37 bits per heavy atom. The van der Waals surface area contributed by atoms with Crippen molar-refractivity contribution in [3.63, 3.8) is 0 Å². The van der Waals surface area contributed by atoms with Crippen LogP contribution in [0.2, 0.25) is 0 Å². The highest BCUT2D eigenvalue weighted by Crippen LogP contribution is 2.37. The average molecular weight is 266 g/mol. The molecule has 104 valence electrons. The maximum absolute atomic E-state index is 11.4. The van der Waals surface area contributed by atoms with Gasteiger partial charge in [0.15, 0.2) is 11.5 Å². The number of ether oxygens (including phenoxy) is 2. The van der Waals surface area contributed by atoms with Crippen LogP contribution in [0.3, 0.4) is 0 Å². The molecule has 19 heavy (non-hydrogen) atoms. The smallest absolute Gasteiger partial charge is 0.231 e. The minimum absolute atomic E-state index is 0.0717. The Kier molecular flexibility index (Phi) is 4.11. The maximum Gasteiger partial charge on any atom is 0.231 e. The Hall–Kier alpha value is -1.95. The fourth-order valence-electron chi connectivity index (χ4n) is 1.76. The van der Waals surface area contributed by atoms with Crippen LogP contribution in [-0.4, -0.2) is 43.3 Å². The lowest BCUT2D eigenvalue weighted by Crippen LogP contribution is -2.26. The van der Waals surface area contributed by atoms with Crippen molar-refractivity contribution in [2.45, 2.75) is 13.0 Å². The van der Waals surface area contributed by atoms with E-state index in [4.69, 9.17) is 9.47 Å². The minimum atomic E-state index is 0.0717. The van der Waals surface area contributed by atoms with Crippen molar-refractivity contribution < 1.29 is 19.4 Å². The Balaban J connectivity index is 1.85. The standard InChI is InChI=1S/C13H18N2O4/c1-15(2)13(17)3-4-14-7-9-5-11-12(6-10(9)16)19-8-18-11/h5-6,14,16H,3-4,7-8H2,1-2H3. The number of rotatable bonds is 5. The Bertz CT molecular complexity index is 474. The van der Waals surface area contributed by atoms with Crippen LogP contribution in [0.25, 0.3) is 0 Å². The van der Waals surface area contributed by atoms with Gasteiger partial charge in [-0.1, -0.05) is 0 Å². The zero-order chi connectivity index (χ0) is 13.8. The third kappa shape index (κ3) is 3.29. The van der Waals surface area contributed by atoms with Gasteiger partial charge in [-0.2, -0.15) is 0 Å². The van der Waals surface area contributed by atoms with Crippen LogP contribution in [0.1, 0.15) is 12.0 Å². The van der Waals surface area contributed by atoms with Crippen LogP contribution >= 0.6 is 0 Å². The molecule has 0 saturated heterocycles. The maximum atomic E-state index is 11.4. The number of benzene rings is 1. The highest BCUT2D eigenvalue weighted by atomic mass is 16.7. The van der Waals surface area contributed by atoms with Gasteiger partial charge in [-0.25, -0.2) is 0 Å². The summed E-state index contributed by atoms with van der Waals surface area (Å²) in [6.45, 7) is 1.22. The van der Waals surface area contributed by atoms with Crippen molar-refractivity contribution in [3.05, 3.63) is 17.7 Å². The number of nitrogens with zero attached hydrogens (tertiary/aromatic N) is 1. The van der Waals surface area contributed by atoms with Gasteiger partial charge < -0.3 is 24.8 Å². The SMILES string of the molecule is CN(C)C(=O)CCNCc1cc2c(cc1O)OCO2. The minimum Gasteiger partial charge on any atom is -0.507 e. The molecule has 6 nitrogen and oxygen atoms in total. The summed E-state index contributed by atoms with van der Waals surface area (Å²) in [6.07, 6.45) is 0.429. The summed E-state index contributed by atoms with van der Waals surface area (Å²) in [5.41, 5.74) is 0.724. The topological polar surface area (TPSA) is 71.0 Å². The van der Waals surface area contributed by atoms with E-state index < -0.39 is 0 Å². The second kappa shape index (κ2) is 5.79. The van der Waals surface area contributed by atoms with E-state index in [-0.39, 0.29) is 18.4 Å². The number of hydrogen-bond donors (Lipinski definition) is 2. The van der Waals surface area contributed by atoms with E-state index in [0.29, 0.717) is 31.0 Å². The molecule has 0 unspecified atom stereocenters. The summed E-state index contributed by atoms with van der Waals surface area (Å²) < 4.78 is 10.4. The number of phenolic OH excluding ortho intramolecular Hbond substituents is 1. The Morgan fingerprint density at radius 3 is 2.74 bits per heavy atom. The third-order valence-corrected chi connectivity index (χ3v) is 2.90. The Morgan fingerprint density at radius 2 is 2.05 bits per heavy atom. The van der Waals surface area contributed by atoms with Crippen molar-refractivity contribution in [1.82, 2.24) is 10.2 Å². The quantitative estimate of drug-likeness (QED) is 0.767. The molecule has 0 radical (unpaired) electrons. The van der Waals surface area contributed by atoms with Gasteiger partial charge in [0.25, 0.3) is 0 Å². The lowest BCUT2D eigenvalue weighted by Gasteiger charge is -2.11. The number of hydrogen-bond acceptors (Lipinski definition) is 5. The second-order valence-electron chi connectivity index (χ2n) is 4.55. The highest BCUT2D eigenvalue weighted by molar-refractivity contribution is 5.75. The fourth-order valence-corrected chi connectivity index (χ4v) is 1.76. The molecule has 0 aromatic heterocycles. The number of aromatic hydroxyl groups is 1. The fraction of sp³-hybridized carbons (Fsp3) is 0.462. The number of carbonyl (C=O) groups excluding carboxylic acids is 1. The molecule has 1 heterocycles. The summed E-state index contributed by atoms with van der Waals surface area (Å²) in [4.78, 5) is 12.9. The zero-order valence-electron chi connectivity index (χ0n) is 11.1. The van der Waals surface area contributed by atoms with E-state index in [2.05, 4.69) is 5.32 Å². The summed E-state index contributed by atoms with van der Waals surface area (Å²) in [7, 11) is 3.46. The molecule has 2 N–H and O–H groups in total. The first-order valence-corrected chi connectivity index (χ1v) is 6.10. The van der Waals surface area contributed by atoms with E-state index in [1.165, 1.54) is 0 Å². The number of carbonyl (C=O) groups is 1. The number of nitrogens with one attached hydrogen (secondary N) is 1. The van der Waals surface area contributed by atoms with Crippen LogP contribution in [0.5, 0.6) is 17.2 Å². The number of amides is 1. The van der Waals surface area contributed by atoms with Crippen molar-refractivity contribution in [2.24, 2.45) is 0 Å². The van der Waals surface area contributed by atoms with E-state index in [1.54, 1.807) is 31.1 Å². The largest absolute Gasteiger partial charge is 0.507 e. The molecular formula is C13H18N2O4. The van der Waals surface area contributed by atoms with Crippen LogP contribution in [0.4, 0.5) is 0 Å². The van der Waals surface area contributed by atoms with Crippen molar-refractivity contribution >= 4 is 5.91 Å². The van der Waals surface area contributed by atoms with E-state index in [1.807, 2.05) is 0 Å². The molecule has 1 aliphatic rings. The van der Waals surface area contributed by atoms with Gasteiger partial charge in [-0.15, -0.1) is 0 Å². The van der Waals surface area contributed by atoms with Gasteiger partial charge in [0.1, 0.15) is 5.75 Å². The monoisotopic (exact) mass is 266 g/mol. The van der Waals surface area contributed by atoms with Crippen LogP contribution < -0.4 is 14.8 Å². The summed E-state index contributed by atoms with van der Waals surface area (Å²) in [5.74, 6) is 1.43. The Labute approximate surface area is 111 Å². The molecule has 1 aliphatic heterocycles. The van der Waals surface area contributed by atoms with Gasteiger partial charge >= 0.3 is 0 Å². The lowest BCUT2D eigenvalue weighted by molar-refractivity contribution is -0.128. The number of phenols is 1. The molecule has 1 amide bonds. The van der Waals surface area contributed by atoms with Gasteiger partial charge in [0.05, 0.1) is 0 Å². The van der Waals surface area contributed by atoms with Gasteiger partial charge in [-0.05, 0) is 6.07 Å². The predicted octanol–water partition coefficient (Wildman–Crippen LogP) is 0.689. The number of fused-ring (bicyclic) bond motifs is 1. The molecule has 0 fully saturated rings. The molecule has 2 rings (SSSR count). The summed E-state index contributed by atoms with van der Waals surface area (Å²) in [5, 5.41) is 12.9. The van der Waals surface area contributed by atoms with Gasteiger partial charge in [-0.3, -0.25) is 4.79 Å². The highest BCUT2D eigenvalue weighted by Gasteiger charge is 2.16. The molecule has 0 saturated carbocycles. The molecule has 0 aliphatic carbocycles. The molecular weight excluding hydrogens is 248 g/mol. The third-order valence-electron chi connectivity index (χ3n) is 2.90. The van der Waals surface area contributed by atoms with E-state index >= 15 is 0 Å². The summed E-state index contributed by atoms with van der Waals surface area (Å²) in [6, 6.07) is 3.29. The molecule has 0 bridgehead atoms. The molecule has 1 aromatic carbocycles. The van der Waals surface area contributed by atoms with Crippen molar-refractivity contribution in [1.29, 1.82) is 0 Å². The lowest BCUT2D eigenvalue weighted by atomic mass is 10.1.